The Kier molecular flexibility index (Phi) is 3.24. The van der Waals surface area contributed by atoms with Gasteiger partial charge in [0.25, 0.3) is 0 Å². The van der Waals surface area contributed by atoms with Crippen LogP contribution in [0.25, 0.3) is 0 Å². The Balaban J connectivity index is 2.28. The predicted molar refractivity (Wildman–Crippen MR) is 67.1 cm³/mol. The summed E-state index contributed by atoms with van der Waals surface area (Å²) >= 11 is 10.6. The molecule has 0 fully saturated rings. The van der Waals surface area contributed by atoms with Gasteiger partial charge in [-0.1, -0.05) is 15.9 Å². The SMILES string of the molecule is Brc1ccc(C(Br)c2ccsc2)s1. The van der Waals surface area contributed by atoms with Gasteiger partial charge in [0, 0.05) is 4.88 Å². The molecule has 1 atom stereocenters. The van der Waals surface area contributed by atoms with Gasteiger partial charge in [-0.25, -0.2) is 0 Å². The van der Waals surface area contributed by atoms with Crippen LogP contribution in [0.15, 0.2) is 32.7 Å². The molecular formula is C9H6Br2S2. The number of rotatable bonds is 2. The molecule has 0 radical (unpaired) electrons. The van der Waals surface area contributed by atoms with E-state index < -0.39 is 0 Å². The smallest absolute Gasteiger partial charge is 0.0746 e. The van der Waals surface area contributed by atoms with Crippen LogP contribution < -0.4 is 0 Å². The van der Waals surface area contributed by atoms with Crippen molar-refractivity contribution in [2.75, 3.05) is 0 Å². The molecule has 0 amide bonds. The first-order valence-electron chi connectivity index (χ1n) is 3.69. The molecule has 0 aromatic carbocycles. The van der Waals surface area contributed by atoms with Crippen LogP contribution in [-0.4, -0.2) is 0 Å². The van der Waals surface area contributed by atoms with Crippen molar-refractivity contribution in [2.24, 2.45) is 0 Å². The van der Waals surface area contributed by atoms with E-state index >= 15 is 0 Å². The minimum absolute atomic E-state index is 0.343. The summed E-state index contributed by atoms with van der Waals surface area (Å²) in [5.74, 6) is 0. The van der Waals surface area contributed by atoms with Gasteiger partial charge >= 0.3 is 0 Å². The van der Waals surface area contributed by atoms with Gasteiger partial charge in [0.1, 0.15) is 0 Å². The number of alkyl halides is 1. The Labute approximate surface area is 102 Å². The zero-order valence-electron chi connectivity index (χ0n) is 6.54. The van der Waals surface area contributed by atoms with E-state index in [4.69, 9.17) is 0 Å². The van der Waals surface area contributed by atoms with Gasteiger partial charge in [-0.2, -0.15) is 11.3 Å². The van der Waals surface area contributed by atoms with Gasteiger partial charge in [0.15, 0.2) is 0 Å². The van der Waals surface area contributed by atoms with Gasteiger partial charge in [0.2, 0.25) is 0 Å². The average Bonchev–Trinajstić information content (AvgIpc) is 2.72. The number of hydrogen-bond acceptors (Lipinski definition) is 2. The Hall–Kier alpha value is 0.360. The lowest BCUT2D eigenvalue weighted by Crippen LogP contribution is -1.84. The quantitative estimate of drug-likeness (QED) is 0.672. The Bertz CT molecular complexity index is 378. The van der Waals surface area contributed by atoms with Crippen molar-refractivity contribution in [1.29, 1.82) is 0 Å². The van der Waals surface area contributed by atoms with Crippen molar-refractivity contribution in [1.82, 2.24) is 0 Å². The molecule has 2 rings (SSSR count). The number of hydrogen-bond donors (Lipinski definition) is 0. The third kappa shape index (κ3) is 2.24. The zero-order valence-corrected chi connectivity index (χ0v) is 11.3. The maximum atomic E-state index is 3.68. The van der Waals surface area contributed by atoms with Crippen LogP contribution in [0.3, 0.4) is 0 Å². The predicted octanol–water partition coefficient (Wildman–Crippen LogP) is 5.06. The Morgan fingerprint density at radius 3 is 2.62 bits per heavy atom. The van der Waals surface area contributed by atoms with E-state index in [1.165, 1.54) is 14.2 Å². The Morgan fingerprint density at radius 2 is 2.08 bits per heavy atom. The summed E-state index contributed by atoms with van der Waals surface area (Å²) in [5.41, 5.74) is 1.33. The molecule has 0 saturated carbocycles. The highest BCUT2D eigenvalue weighted by molar-refractivity contribution is 9.11. The van der Waals surface area contributed by atoms with Gasteiger partial charge in [-0.05, 0) is 50.5 Å². The van der Waals surface area contributed by atoms with Crippen molar-refractivity contribution >= 4 is 54.5 Å². The molecule has 0 aliphatic heterocycles. The van der Waals surface area contributed by atoms with E-state index in [2.05, 4.69) is 60.8 Å². The van der Waals surface area contributed by atoms with Crippen LogP contribution in [0.5, 0.6) is 0 Å². The molecule has 4 heteroatoms. The molecule has 0 nitrogen and oxygen atoms in total. The lowest BCUT2D eigenvalue weighted by molar-refractivity contribution is 1.25. The van der Waals surface area contributed by atoms with E-state index in [0.717, 1.165) is 0 Å². The van der Waals surface area contributed by atoms with E-state index in [0.29, 0.717) is 4.83 Å². The minimum Gasteiger partial charge on any atom is -0.152 e. The van der Waals surface area contributed by atoms with Crippen LogP contribution in [0, 0.1) is 0 Å². The largest absolute Gasteiger partial charge is 0.152 e. The molecule has 0 saturated heterocycles. The maximum absolute atomic E-state index is 3.68. The van der Waals surface area contributed by atoms with Gasteiger partial charge in [-0.15, -0.1) is 11.3 Å². The van der Waals surface area contributed by atoms with E-state index in [-0.39, 0.29) is 0 Å². The average molecular weight is 338 g/mol. The Morgan fingerprint density at radius 1 is 1.23 bits per heavy atom. The lowest BCUT2D eigenvalue weighted by atomic mass is 10.2. The van der Waals surface area contributed by atoms with Crippen LogP contribution >= 0.6 is 54.5 Å². The van der Waals surface area contributed by atoms with Crippen molar-refractivity contribution in [3.05, 3.63) is 43.2 Å². The standard InChI is InChI=1S/C9H6Br2S2/c10-8-2-1-7(13-8)9(11)6-3-4-12-5-6/h1-5,9H. The first-order chi connectivity index (χ1) is 6.27. The van der Waals surface area contributed by atoms with Gasteiger partial charge in [-0.3, -0.25) is 0 Å². The molecule has 0 aliphatic rings. The summed E-state index contributed by atoms with van der Waals surface area (Å²) in [5, 5.41) is 4.28. The first-order valence-corrected chi connectivity index (χ1v) is 7.15. The summed E-state index contributed by atoms with van der Waals surface area (Å²) in [7, 11) is 0. The first kappa shape index (κ1) is 9.90. The molecule has 13 heavy (non-hydrogen) atoms. The molecule has 68 valence electrons. The molecule has 2 aromatic heterocycles. The summed E-state index contributed by atoms with van der Waals surface area (Å²) in [6.45, 7) is 0. The van der Waals surface area contributed by atoms with E-state index in [1.54, 1.807) is 22.7 Å². The molecule has 1 unspecified atom stereocenters. The highest BCUT2D eigenvalue weighted by atomic mass is 79.9. The maximum Gasteiger partial charge on any atom is 0.0746 e. The summed E-state index contributed by atoms with van der Waals surface area (Å²) in [6, 6.07) is 6.38. The van der Waals surface area contributed by atoms with Crippen LogP contribution in [0.1, 0.15) is 15.3 Å². The fraction of sp³-hybridized carbons (Fsp3) is 0.111. The fourth-order valence-corrected chi connectivity index (χ4v) is 4.06. The second-order valence-electron chi connectivity index (χ2n) is 2.56. The monoisotopic (exact) mass is 336 g/mol. The summed E-state index contributed by atoms with van der Waals surface area (Å²) in [4.78, 5) is 1.68. The van der Waals surface area contributed by atoms with Crippen LogP contribution in [-0.2, 0) is 0 Å². The van der Waals surface area contributed by atoms with E-state index in [9.17, 15) is 0 Å². The van der Waals surface area contributed by atoms with Crippen molar-refractivity contribution in [2.45, 2.75) is 4.83 Å². The zero-order chi connectivity index (χ0) is 9.26. The lowest BCUT2D eigenvalue weighted by Gasteiger charge is -2.03. The number of halogens is 2. The molecule has 2 aromatic rings. The molecule has 2 heterocycles. The molecule has 0 spiro atoms. The van der Waals surface area contributed by atoms with Crippen molar-refractivity contribution < 1.29 is 0 Å². The topological polar surface area (TPSA) is 0 Å². The normalized spacial score (nSPS) is 13.1. The highest BCUT2D eigenvalue weighted by Crippen LogP contribution is 2.37. The van der Waals surface area contributed by atoms with E-state index in [1.807, 2.05) is 0 Å². The molecular weight excluding hydrogens is 332 g/mol. The highest BCUT2D eigenvalue weighted by Gasteiger charge is 2.12. The summed E-state index contributed by atoms with van der Waals surface area (Å²) < 4.78 is 1.18. The van der Waals surface area contributed by atoms with Crippen LogP contribution in [0.2, 0.25) is 0 Å². The number of thiophene rings is 2. The molecule has 0 bridgehead atoms. The third-order valence-corrected chi connectivity index (χ3v) is 5.39. The van der Waals surface area contributed by atoms with Crippen molar-refractivity contribution in [3.8, 4) is 0 Å². The van der Waals surface area contributed by atoms with Crippen LogP contribution in [0.4, 0.5) is 0 Å². The molecule has 0 N–H and O–H groups in total. The third-order valence-electron chi connectivity index (χ3n) is 1.68. The van der Waals surface area contributed by atoms with Crippen molar-refractivity contribution in [3.63, 3.8) is 0 Å². The second kappa shape index (κ2) is 4.26. The minimum atomic E-state index is 0.343. The fourth-order valence-electron chi connectivity index (χ4n) is 1.05. The van der Waals surface area contributed by atoms with Gasteiger partial charge in [0.05, 0.1) is 8.61 Å². The molecule has 0 aliphatic carbocycles. The summed E-state index contributed by atoms with van der Waals surface area (Å²) in [6.07, 6.45) is 0. The van der Waals surface area contributed by atoms with Gasteiger partial charge < -0.3 is 0 Å². The second-order valence-corrected chi connectivity index (χ2v) is 6.75.